The van der Waals surface area contributed by atoms with Gasteiger partial charge in [0.1, 0.15) is 0 Å². The van der Waals surface area contributed by atoms with E-state index < -0.39 is 0 Å². The highest BCUT2D eigenvalue weighted by Crippen LogP contribution is 2.15. The summed E-state index contributed by atoms with van der Waals surface area (Å²) in [6, 6.07) is 6.77. The monoisotopic (exact) mass is 458 g/mol. The molecule has 0 bridgehead atoms. The second kappa shape index (κ2) is 11.7. The molecule has 1 unspecified atom stereocenters. The Labute approximate surface area is 170 Å². The van der Waals surface area contributed by atoms with Crippen molar-refractivity contribution in [1.29, 1.82) is 0 Å². The Kier molecular flexibility index (Phi) is 10.4. The van der Waals surface area contributed by atoms with E-state index >= 15 is 0 Å². The number of halogens is 1. The molecule has 1 aliphatic rings. The van der Waals surface area contributed by atoms with E-state index in [2.05, 4.69) is 61.6 Å². The Morgan fingerprint density at radius 3 is 2.56 bits per heavy atom. The third kappa shape index (κ3) is 8.40. The summed E-state index contributed by atoms with van der Waals surface area (Å²) in [4.78, 5) is 7.23. The molecule has 4 nitrogen and oxygen atoms in total. The lowest BCUT2D eigenvalue weighted by Crippen LogP contribution is -2.39. The summed E-state index contributed by atoms with van der Waals surface area (Å²) in [5.41, 5.74) is 4.07. The number of rotatable bonds is 6. The average Bonchev–Trinajstić information content (AvgIpc) is 2.52. The summed E-state index contributed by atoms with van der Waals surface area (Å²) in [6.45, 7) is 11.6. The molecule has 25 heavy (non-hydrogen) atoms. The van der Waals surface area contributed by atoms with Gasteiger partial charge < -0.3 is 15.5 Å². The Bertz CT molecular complexity index is 524. The first kappa shape index (κ1) is 22.2. The minimum absolute atomic E-state index is 0. The maximum Gasteiger partial charge on any atom is 0.191 e. The van der Waals surface area contributed by atoms with E-state index in [0.29, 0.717) is 5.92 Å². The van der Waals surface area contributed by atoms with Crippen molar-refractivity contribution < 1.29 is 0 Å². The number of nitrogens with zero attached hydrogens (tertiary/aromatic N) is 2. The molecule has 0 aliphatic carbocycles. The van der Waals surface area contributed by atoms with E-state index in [-0.39, 0.29) is 24.0 Å². The van der Waals surface area contributed by atoms with E-state index in [9.17, 15) is 0 Å². The number of likely N-dealkylation sites (tertiary alicyclic amines) is 1. The molecular formula is C20H35IN4. The lowest BCUT2D eigenvalue weighted by atomic mass is 9.99. The van der Waals surface area contributed by atoms with Crippen LogP contribution >= 0.6 is 24.0 Å². The molecule has 1 atom stereocenters. The van der Waals surface area contributed by atoms with Crippen LogP contribution in [0.15, 0.2) is 23.2 Å². The average molecular weight is 458 g/mol. The number of aliphatic imine (C=N–C) groups is 1. The van der Waals surface area contributed by atoms with Crippen molar-refractivity contribution in [2.24, 2.45) is 10.9 Å². The highest BCUT2D eigenvalue weighted by molar-refractivity contribution is 14.0. The number of piperidine rings is 1. The molecule has 1 aliphatic heterocycles. The van der Waals surface area contributed by atoms with Gasteiger partial charge in [-0.25, -0.2) is 0 Å². The van der Waals surface area contributed by atoms with Crippen LogP contribution in [0.5, 0.6) is 0 Å². The number of benzene rings is 1. The second-order valence-corrected chi connectivity index (χ2v) is 7.16. The molecule has 142 valence electrons. The maximum absolute atomic E-state index is 4.81. The highest BCUT2D eigenvalue weighted by Gasteiger charge is 2.16. The number of aryl methyl sites for hydroxylation is 2. The zero-order valence-corrected chi connectivity index (χ0v) is 18.6. The van der Waals surface area contributed by atoms with Gasteiger partial charge in [0.05, 0.1) is 0 Å². The van der Waals surface area contributed by atoms with Crippen LogP contribution < -0.4 is 10.6 Å². The smallest absolute Gasteiger partial charge is 0.191 e. The van der Waals surface area contributed by atoms with Crippen LogP contribution in [0, 0.1) is 19.8 Å². The van der Waals surface area contributed by atoms with Crippen molar-refractivity contribution in [3.05, 3.63) is 34.9 Å². The fourth-order valence-corrected chi connectivity index (χ4v) is 3.52. The molecule has 1 fully saturated rings. The molecule has 0 amide bonds. The predicted molar refractivity (Wildman–Crippen MR) is 119 cm³/mol. The lowest BCUT2D eigenvalue weighted by Gasteiger charge is -2.28. The Morgan fingerprint density at radius 2 is 1.92 bits per heavy atom. The van der Waals surface area contributed by atoms with Gasteiger partial charge in [-0.3, -0.25) is 4.99 Å². The van der Waals surface area contributed by atoms with Crippen molar-refractivity contribution >= 4 is 29.9 Å². The molecule has 1 saturated heterocycles. The Hall–Kier alpha value is -0.820. The van der Waals surface area contributed by atoms with Crippen molar-refractivity contribution in [2.45, 2.75) is 40.0 Å². The first-order chi connectivity index (χ1) is 11.6. The third-order valence-electron chi connectivity index (χ3n) is 4.56. The molecule has 1 heterocycles. The lowest BCUT2D eigenvalue weighted by molar-refractivity contribution is 0.214. The Morgan fingerprint density at radius 1 is 1.20 bits per heavy atom. The van der Waals surface area contributed by atoms with E-state index in [1.807, 2.05) is 0 Å². The quantitative estimate of drug-likeness (QED) is 0.390. The SMILES string of the molecule is CCNC(=NCC1CCCN(C)C1)NCCc1cc(C)cc(C)c1.I. The van der Waals surface area contributed by atoms with Gasteiger partial charge in [0.2, 0.25) is 0 Å². The van der Waals surface area contributed by atoms with Gasteiger partial charge >= 0.3 is 0 Å². The molecule has 0 aromatic heterocycles. The van der Waals surface area contributed by atoms with Crippen molar-refractivity contribution in [3.8, 4) is 0 Å². The second-order valence-electron chi connectivity index (χ2n) is 7.16. The van der Waals surface area contributed by atoms with E-state index in [1.54, 1.807) is 0 Å². The van der Waals surface area contributed by atoms with Crippen LogP contribution in [0.3, 0.4) is 0 Å². The summed E-state index contributed by atoms with van der Waals surface area (Å²) in [5.74, 6) is 1.65. The minimum atomic E-state index is 0. The molecule has 5 heteroatoms. The molecule has 2 N–H and O–H groups in total. The normalized spacial score (nSPS) is 18.6. The van der Waals surface area contributed by atoms with Crippen LogP contribution in [0.4, 0.5) is 0 Å². The van der Waals surface area contributed by atoms with Gasteiger partial charge in [-0.1, -0.05) is 29.3 Å². The van der Waals surface area contributed by atoms with Crippen LogP contribution in [0.25, 0.3) is 0 Å². The fraction of sp³-hybridized carbons (Fsp3) is 0.650. The number of hydrogen-bond donors (Lipinski definition) is 2. The third-order valence-corrected chi connectivity index (χ3v) is 4.56. The van der Waals surface area contributed by atoms with Gasteiger partial charge in [-0.2, -0.15) is 0 Å². The zero-order valence-electron chi connectivity index (χ0n) is 16.3. The molecule has 0 spiro atoms. The van der Waals surface area contributed by atoms with Crippen LogP contribution in [0.2, 0.25) is 0 Å². The first-order valence-electron chi connectivity index (χ1n) is 9.34. The molecule has 1 aromatic rings. The molecule has 2 rings (SSSR count). The van der Waals surface area contributed by atoms with Gasteiger partial charge in [0.15, 0.2) is 5.96 Å². The Balaban J connectivity index is 0.00000312. The van der Waals surface area contributed by atoms with Gasteiger partial charge in [0.25, 0.3) is 0 Å². The summed E-state index contributed by atoms with van der Waals surface area (Å²) in [5, 5.41) is 6.85. The summed E-state index contributed by atoms with van der Waals surface area (Å²) in [7, 11) is 2.21. The van der Waals surface area contributed by atoms with Gasteiger partial charge in [0, 0.05) is 26.2 Å². The standard InChI is InChI=1S/C20H34N4.HI/c1-5-21-20(23-14-19-7-6-10-24(4)15-19)22-9-8-18-12-16(2)11-17(3)13-18;/h11-13,19H,5-10,14-15H2,1-4H3,(H2,21,22,23);1H. The molecule has 0 saturated carbocycles. The summed E-state index contributed by atoms with van der Waals surface area (Å²) in [6.07, 6.45) is 3.63. The maximum atomic E-state index is 4.81. The largest absolute Gasteiger partial charge is 0.357 e. The highest BCUT2D eigenvalue weighted by atomic mass is 127. The summed E-state index contributed by atoms with van der Waals surface area (Å²) < 4.78 is 0. The number of hydrogen-bond acceptors (Lipinski definition) is 2. The van der Waals surface area contributed by atoms with Gasteiger partial charge in [-0.15, -0.1) is 24.0 Å². The van der Waals surface area contributed by atoms with Crippen molar-refractivity contribution in [1.82, 2.24) is 15.5 Å². The summed E-state index contributed by atoms with van der Waals surface area (Å²) >= 11 is 0. The van der Waals surface area contributed by atoms with Crippen molar-refractivity contribution in [2.75, 3.05) is 39.8 Å². The molecular weight excluding hydrogens is 423 g/mol. The number of guanidine groups is 1. The van der Waals surface area contributed by atoms with Crippen molar-refractivity contribution in [3.63, 3.8) is 0 Å². The van der Waals surface area contributed by atoms with E-state index in [4.69, 9.17) is 4.99 Å². The van der Waals surface area contributed by atoms with Gasteiger partial charge in [-0.05, 0) is 65.1 Å². The fourth-order valence-electron chi connectivity index (χ4n) is 3.52. The van der Waals surface area contributed by atoms with Crippen LogP contribution in [0.1, 0.15) is 36.5 Å². The van der Waals surface area contributed by atoms with Crippen LogP contribution in [-0.4, -0.2) is 50.6 Å². The van der Waals surface area contributed by atoms with Crippen LogP contribution in [-0.2, 0) is 6.42 Å². The first-order valence-corrected chi connectivity index (χ1v) is 9.34. The molecule has 0 radical (unpaired) electrons. The number of nitrogens with one attached hydrogen (secondary N) is 2. The zero-order chi connectivity index (χ0) is 17.4. The topological polar surface area (TPSA) is 39.7 Å². The molecule has 1 aromatic carbocycles. The minimum Gasteiger partial charge on any atom is -0.357 e. The van der Waals surface area contributed by atoms with E-state index in [0.717, 1.165) is 32.0 Å². The predicted octanol–water partition coefficient (Wildman–Crippen LogP) is 3.36. The van der Waals surface area contributed by atoms with E-state index in [1.165, 1.54) is 42.6 Å².